The molecule has 96 valence electrons. The molecule has 2 rings (SSSR count). The Morgan fingerprint density at radius 2 is 2.12 bits per heavy atom. The molecular formula is C15H25NO. The van der Waals surface area contributed by atoms with E-state index in [1.807, 2.05) is 6.07 Å². The average Bonchev–Trinajstić information content (AvgIpc) is 2.85. The van der Waals surface area contributed by atoms with Gasteiger partial charge < -0.3 is 9.73 Å². The van der Waals surface area contributed by atoms with Crippen molar-refractivity contribution < 1.29 is 4.42 Å². The molecule has 0 saturated heterocycles. The monoisotopic (exact) mass is 235 g/mol. The van der Waals surface area contributed by atoms with Crippen molar-refractivity contribution in [2.75, 3.05) is 7.05 Å². The standard InChI is InChI=1S/C15H25NO/c1-12-5-7-13(8-6-12)15(16-2)10-9-14-4-3-11-17-14/h3-4,11-13,15-16H,5-10H2,1-2H3. The van der Waals surface area contributed by atoms with Crippen molar-refractivity contribution in [2.24, 2.45) is 11.8 Å². The van der Waals surface area contributed by atoms with Crippen LogP contribution in [0.25, 0.3) is 0 Å². The van der Waals surface area contributed by atoms with Gasteiger partial charge in [0.15, 0.2) is 0 Å². The van der Waals surface area contributed by atoms with Gasteiger partial charge in [-0.05, 0) is 50.3 Å². The van der Waals surface area contributed by atoms with Crippen molar-refractivity contribution >= 4 is 0 Å². The van der Waals surface area contributed by atoms with E-state index in [2.05, 4.69) is 25.4 Å². The van der Waals surface area contributed by atoms with Crippen LogP contribution in [0.15, 0.2) is 22.8 Å². The predicted molar refractivity (Wildman–Crippen MR) is 71.0 cm³/mol. The lowest BCUT2D eigenvalue weighted by molar-refractivity contribution is 0.227. The van der Waals surface area contributed by atoms with E-state index in [-0.39, 0.29) is 0 Å². The first-order valence-electron chi connectivity index (χ1n) is 6.99. The fourth-order valence-electron chi connectivity index (χ4n) is 3.06. The summed E-state index contributed by atoms with van der Waals surface area (Å²) < 4.78 is 5.41. The highest BCUT2D eigenvalue weighted by molar-refractivity contribution is 4.99. The van der Waals surface area contributed by atoms with Gasteiger partial charge in [-0.1, -0.05) is 19.8 Å². The van der Waals surface area contributed by atoms with Crippen LogP contribution in [0.3, 0.4) is 0 Å². The molecule has 1 heterocycles. The van der Waals surface area contributed by atoms with Crippen molar-refractivity contribution in [3.8, 4) is 0 Å². The summed E-state index contributed by atoms with van der Waals surface area (Å²) in [4.78, 5) is 0. The third kappa shape index (κ3) is 3.60. The topological polar surface area (TPSA) is 25.2 Å². The van der Waals surface area contributed by atoms with E-state index in [1.54, 1.807) is 6.26 Å². The number of furan rings is 1. The van der Waals surface area contributed by atoms with Crippen LogP contribution in [0.2, 0.25) is 0 Å². The van der Waals surface area contributed by atoms with Crippen molar-refractivity contribution in [3.05, 3.63) is 24.2 Å². The van der Waals surface area contributed by atoms with Crippen LogP contribution in [0.1, 0.15) is 44.8 Å². The third-order valence-corrected chi connectivity index (χ3v) is 4.28. The third-order valence-electron chi connectivity index (χ3n) is 4.28. The quantitative estimate of drug-likeness (QED) is 0.843. The molecule has 1 unspecified atom stereocenters. The van der Waals surface area contributed by atoms with Crippen LogP contribution in [0, 0.1) is 11.8 Å². The highest BCUT2D eigenvalue weighted by Gasteiger charge is 2.24. The molecule has 0 bridgehead atoms. The summed E-state index contributed by atoms with van der Waals surface area (Å²) in [6.45, 7) is 2.38. The van der Waals surface area contributed by atoms with Crippen molar-refractivity contribution in [1.29, 1.82) is 0 Å². The molecule has 1 fully saturated rings. The molecule has 1 aromatic rings. The predicted octanol–water partition coefficient (Wildman–Crippen LogP) is 3.63. The van der Waals surface area contributed by atoms with Gasteiger partial charge in [0, 0.05) is 12.5 Å². The maximum Gasteiger partial charge on any atom is 0.103 e. The molecule has 1 aliphatic rings. The second-order valence-electron chi connectivity index (χ2n) is 5.53. The fraction of sp³-hybridized carbons (Fsp3) is 0.733. The Kier molecular flexibility index (Phi) is 4.66. The van der Waals surface area contributed by atoms with Crippen LogP contribution in [0.5, 0.6) is 0 Å². The molecule has 1 N–H and O–H groups in total. The molecule has 1 aliphatic carbocycles. The van der Waals surface area contributed by atoms with Gasteiger partial charge in [0.2, 0.25) is 0 Å². The zero-order valence-electron chi connectivity index (χ0n) is 11.1. The Labute approximate surface area is 105 Å². The summed E-state index contributed by atoms with van der Waals surface area (Å²) in [6.07, 6.45) is 9.63. The highest BCUT2D eigenvalue weighted by Crippen LogP contribution is 2.31. The lowest BCUT2D eigenvalue weighted by Crippen LogP contribution is -2.36. The van der Waals surface area contributed by atoms with Crippen LogP contribution < -0.4 is 5.32 Å². The van der Waals surface area contributed by atoms with Crippen LogP contribution in [0.4, 0.5) is 0 Å². The molecule has 2 heteroatoms. The molecule has 0 radical (unpaired) electrons. The zero-order chi connectivity index (χ0) is 12.1. The summed E-state index contributed by atoms with van der Waals surface area (Å²) in [5, 5.41) is 3.51. The minimum atomic E-state index is 0.660. The fourth-order valence-corrected chi connectivity index (χ4v) is 3.06. The van der Waals surface area contributed by atoms with Crippen molar-refractivity contribution in [3.63, 3.8) is 0 Å². The molecule has 1 saturated carbocycles. The van der Waals surface area contributed by atoms with E-state index in [0.717, 1.165) is 24.0 Å². The maximum atomic E-state index is 5.41. The number of hydrogen-bond acceptors (Lipinski definition) is 2. The molecule has 0 amide bonds. The van der Waals surface area contributed by atoms with Gasteiger partial charge in [-0.3, -0.25) is 0 Å². The Morgan fingerprint density at radius 1 is 1.35 bits per heavy atom. The zero-order valence-corrected chi connectivity index (χ0v) is 11.1. The van der Waals surface area contributed by atoms with Crippen LogP contribution in [-0.2, 0) is 6.42 Å². The second kappa shape index (κ2) is 6.25. The average molecular weight is 235 g/mol. The number of hydrogen-bond donors (Lipinski definition) is 1. The van der Waals surface area contributed by atoms with Gasteiger partial charge in [0.05, 0.1) is 6.26 Å². The number of nitrogens with one attached hydrogen (secondary N) is 1. The second-order valence-corrected chi connectivity index (χ2v) is 5.53. The molecule has 1 aromatic heterocycles. The summed E-state index contributed by atoms with van der Waals surface area (Å²) in [7, 11) is 2.10. The lowest BCUT2D eigenvalue weighted by atomic mass is 9.78. The SMILES string of the molecule is CNC(CCc1ccco1)C1CCC(C)CC1. The Bertz CT molecular complexity index is 299. The smallest absolute Gasteiger partial charge is 0.103 e. The van der Waals surface area contributed by atoms with Gasteiger partial charge >= 0.3 is 0 Å². The van der Waals surface area contributed by atoms with Gasteiger partial charge in [-0.15, -0.1) is 0 Å². The van der Waals surface area contributed by atoms with E-state index in [4.69, 9.17) is 4.42 Å². The first kappa shape index (κ1) is 12.7. The molecule has 17 heavy (non-hydrogen) atoms. The Hall–Kier alpha value is -0.760. The van der Waals surface area contributed by atoms with E-state index in [1.165, 1.54) is 32.1 Å². The van der Waals surface area contributed by atoms with Crippen molar-refractivity contribution in [2.45, 2.75) is 51.5 Å². The molecular weight excluding hydrogens is 210 g/mol. The largest absolute Gasteiger partial charge is 0.469 e. The maximum absolute atomic E-state index is 5.41. The van der Waals surface area contributed by atoms with E-state index >= 15 is 0 Å². The van der Waals surface area contributed by atoms with Crippen LogP contribution in [-0.4, -0.2) is 13.1 Å². The van der Waals surface area contributed by atoms with E-state index < -0.39 is 0 Å². The lowest BCUT2D eigenvalue weighted by Gasteiger charge is -2.32. The number of aryl methyl sites for hydroxylation is 1. The van der Waals surface area contributed by atoms with Gasteiger partial charge in [-0.25, -0.2) is 0 Å². The molecule has 0 spiro atoms. The summed E-state index contributed by atoms with van der Waals surface area (Å²) >= 11 is 0. The normalized spacial score (nSPS) is 26.9. The minimum absolute atomic E-state index is 0.660. The summed E-state index contributed by atoms with van der Waals surface area (Å²) in [5.41, 5.74) is 0. The molecule has 1 atom stereocenters. The Morgan fingerprint density at radius 3 is 2.71 bits per heavy atom. The molecule has 2 nitrogen and oxygen atoms in total. The van der Waals surface area contributed by atoms with Crippen molar-refractivity contribution in [1.82, 2.24) is 5.32 Å². The van der Waals surface area contributed by atoms with E-state index in [9.17, 15) is 0 Å². The van der Waals surface area contributed by atoms with Crippen LogP contribution >= 0.6 is 0 Å². The minimum Gasteiger partial charge on any atom is -0.469 e. The first-order chi connectivity index (χ1) is 8.29. The van der Waals surface area contributed by atoms with E-state index in [0.29, 0.717) is 6.04 Å². The summed E-state index contributed by atoms with van der Waals surface area (Å²) in [6, 6.07) is 4.72. The van der Waals surface area contributed by atoms with Gasteiger partial charge in [0.25, 0.3) is 0 Å². The Balaban J connectivity index is 1.80. The molecule has 0 aromatic carbocycles. The van der Waals surface area contributed by atoms with Gasteiger partial charge in [0.1, 0.15) is 5.76 Å². The summed E-state index contributed by atoms with van der Waals surface area (Å²) in [5.74, 6) is 2.93. The first-order valence-corrected chi connectivity index (χ1v) is 6.99. The van der Waals surface area contributed by atoms with Gasteiger partial charge in [-0.2, -0.15) is 0 Å². The molecule has 0 aliphatic heterocycles. The highest BCUT2D eigenvalue weighted by atomic mass is 16.3. The number of rotatable bonds is 5.